The van der Waals surface area contributed by atoms with Crippen LogP contribution in [0.4, 0.5) is 13.2 Å². The van der Waals surface area contributed by atoms with Crippen molar-refractivity contribution in [1.82, 2.24) is 20.9 Å². The van der Waals surface area contributed by atoms with Gasteiger partial charge in [-0.3, -0.25) is 19.2 Å². The van der Waals surface area contributed by atoms with Crippen LogP contribution in [-0.2, 0) is 24.0 Å². The van der Waals surface area contributed by atoms with Gasteiger partial charge in [0.25, 0.3) is 0 Å². The molecular weight excluding hydrogens is 519 g/mol. The molecule has 39 heavy (non-hydrogen) atoms. The molecule has 4 amide bonds. The average molecular weight is 566 g/mol. The number of rotatable bonds is 7. The van der Waals surface area contributed by atoms with E-state index in [1.165, 1.54) is 11.9 Å². The Kier molecular flexibility index (Phi) is 18.0. The number of fused-ring (bicyclic) bond motifs is 1. The number of likely N-dealkylation sites (tertiary alicyclic amines) is 1. The van der Waals surface area contributed by atoms with Crippen molar-refractivity contribution in [2.24, 2.45) is 34.8 Å². The Hall–Kier alpha value is -2.96. The largest absolute Gasteiger partial charge is 0.471 e. The Balaban J connectivity index is 0. The van der Waals surface area contributed by atoms with E-state index in [0.717, 1.165) is 12.3 Å². The van der Waals surface area contributed by atoms with E-state index in [-0.39, 0.29) is 17.2 Å². The van der Waals surface area contributed by atoms with Crippen LogP contribution in [-0.4, -0.2) is 80.8 Å². The van der Waals surface area contributed by atoms with Gasteiger partial charge in [-0.05, 0) is 43.1 Å². The molecule has 226 valence electrons. The van der Waals surface area contributed by atoms with Gasteiger partial charge in [0.05, 0.1) is 12.6 Å². The summed E-state index contributed by atoms with van der Waals surface area (Å²) in [5, 5.41) is 6.62. The Morgan fingerprint density at radius 3 is 2.00 bits per heavy atom. The van der Waals surface area contributed by atoms with Crippen molar-refractivity contribution in [3.05, 3.63) is 13.2 Å². The summed E-state index contributed by atoms with van der Waals surface area (Å²) < 4.78 is 35.7. The first-order valence-corrected chi connectivity index (χ1v) is 12.8. The summed E-state index contributed by atoms with van der Waals surface area (Å²) in [4.78, 5) is 55.3. The van der Waals surface area contributed by atoms with Crippen molar-refractivity contribution in [3.8, 4) is 0 Å². The maximum Gasteiger partial charge on any atom is 0.471 e. The highest BCUT2D eigenvalue weighted by Crippen LogP contribution is 2.61. The molecule has 0 radical (unpaired) electrons. The Bertz CT molecular complexity index is 776. The van der Waals surface area contributed by atoms with Crippen LogP contribution in [0.5, 0.6) is 0 Å². The zero-order chi connectivity index (χ0) is 31.0. The van der Waals surface area contributed by atoms with Crippen LogP contribution in [0.25, 0.3) is 0 Å². The van der Waals surface area contributed by atoms with Crippen LogP contribution in [0, 0.1) is 29.1 Å². The molecule has 1 saturated carbocycles. The zero-order valence-corrected chi connectivity index (χ0v) is 23.9. The van der Waals surface area contributed by atoms with Crippen molar-refractivity contribution in [2.75, 3.05) is 33.2 Å². The number of nitrogens with one attached hydrogen (secondary N) is 3. The molecule has 4 atom stereocenters. The zero-order valence-electron chi connectivity index (χ0n) is 23.9. The van der Waals surface area contributed by atoms with Crippen molar-refractivity contribution >= 4 is 30.4 Å². The van der Waals surface area contributed by atoms with E-state index < -0.39 is 30.6 Å². The number of halogens is 3. The summed E-state index contributed by atoms with van der Waals surface area (Å²) in [5.74, 6) is -0.960. The molecule has 2 aliphatic heterocycles. The van der Waals surface area contributed by atoms with Crippen molar-refractivity contribution < 1.29 is 37.1 Å². The third kappa shape index (κ3) is 13.6. The predicted octanol–water partition coefficient (Wildman–Crippen LogP) is 1.64. The highest BCUT2D eigenvalue weighted by molar-refractivity contribution is 5.87. The quantitative estimate of drug-likeness (QED) is 0.272. The number of piperidine rings is 1. The molecule has 5 N–H and O–H groups in total. The van der Waals surface area contributed by atoms with E-state index in [1.807, 2.05) is 0 Å². The molecule has 0 aromatic rings. The van der Waals surface area contributed by atoms with Crippen molar-refractivity contribution in [1.29, 1.82) is 0 Å². The maximum atomic E-state index is 11.9. The molecule has 0 aromatic heterocycles. The Labute approximate surface area is 229 Å². The second-order valence-corrected chi connectivity index (χ2v) is 10.3. The van der Waals surface area contributed by atoms with Crippen LogP contribution in [0.15, 0.2) is 13.2 Å². The van der Waals surface area contributed by atoms with Crippen LogP contribution >= 0.6 is 0 Å². The first-order chi connectivity index (χ1) is 18.1. The summed E-state index contributed by atoms with van der Waals surface area (Å²) in [5.41, 5.74) is 4.74. The standard InChI is InChI=1S/C11H15F3N2O2.C8H12N2O3.C4H10.C2H4.CH5N/c1-10(2)6-4-16(5-7(6)10)8(17)3-15-9(18)11(12,13)14;11-4-7(10-5-12)3-6-1-2-9-8(6)13;1-4(2)3;2*1-2/h6-7H,3-5H2,1-2H3,(H,15,18);4-7H,1-3H2,(H,9,13)(H,10,12);4H,1-3H3;1-2H2;2H2,1H3. The van der Waals surface area contributed by atoms with Gasteiger partial charge >= 0.3 is 12.1 Å². The molecule has 0 aromatic carbocycles. The Morgan fingerprint density at radius 1 is 1.15 bits per heavy atom. The predicted molar refractivity (Wildman–Crippen MR) is 143 cm³/mol. The molecule has 2 saturated heterocycles. The normalized spacial score (nSPS) is 22.3. The SMILES string of the molecule is C=C.CC(C)C.CC1(C)C2CN(C(=O)CNC(=O)C(F)(F)F)CC21.CN.O=CNC(C=O)CC1CCNC1=O. The van der Waals surface area contributed by atoms with Gasteiger partial charge < -0.3 is 31.4 Å². The van der Waals surface area contributed by atoms with Crippen molar-refractivity contribution in [3.63, 3.8) is 0 Å². The molecule has 3 fully saturated rings. The van der Waals surface area contributed by atoms with Gasteiger partial charge in [0.15, 0.2) is 0 Å². The number of alkyl halides is 3. The lowest BCUT2D eigenvalue weighted by Gasteiger charge is -2.22. The minimum Gasteiger partial charge on any atom is -0.356 e. The summed E-state index contributed by atoms with van der Waals surface area (Å²) in [6.07, 6.45) is -2.67. The van der Waals surface area contributed by atoms with Gasteiger partial charge in [0, 0.05) is 25.6 Å². The minimum absolute atomic E-state index is 0.0282. The fourth-order valence-corrected chi connectivity index (χ4v) is 4.13. The van der Waals surface area contributed by atoms with E-state index in [4.69, 9.17) is 0 Å². The van der Waals surface area contributed by atoms with Gasteiger partial charge in [-0.15, -0.1) is 13.2 Å². The molecular formula is C26H46F3N5O5. The molecule has 0 bridgehead atoms. The number of carbonyl (C=O) groups excluding carboxylic acids is 5. The monoisotopic (exact) mass is 565 g/mol. The summed E-state index contributed by atoms with van der Waals surface area (Å²) in [6, 6.07) is -0.536. The van der Waals surface area contributed by atoms with E-state index in [9.17, 15) is 37.1 Å². The first-order valence-electron chi connectivity index (χ1n) is 12.8. The average Bonchev–Trinajstić information content (AvgIpc) is 3.27. The number of nitrogens with zero attached hydrogens (tertiary/aromatic N) is 1. The van der Waals surface area contributed by atoms with E-state index in [1.54, 1.807) is 5.32 Å². The number of nitrogens with two attached hydrogens (primary N) is 1. The third-order valence-electron chi connectivity index (χ3n) is 6.28. The fourth-order valence-electron chi connectivity index (χ4n) is 4.13. The van der Waals surface area contributed by atoms with Crippen LogP contribution in [0.3, 0.4) is 0 Å². The molecule has 3 aliphatic rings. The second-order valence-electron chi connectivity index (χ2n) is 10.3. The number of hydrogen-bond donors (Lipinski definition) is 4. The lowest BCUT2D eigenvalue weighted by Crippen LogP contribution is -2.44. The van der Waals surface area contributed by atoms with Crippen LogP contribution < -0.4 is 21.7 Å². The molecule has 1 aliphatic carbocycles. The first kappa shape index (κ1) is 38.2. The van der Waals surface area contributed by atoms with Gasteiger partial charge in [-0.25, -0.2) is 0 Å². The second kappa shape index (κ2) is 18.3. The van der Waals surface area contributed by atoms with Crippen molar-refractivity contribution in [2.45, 2.75) is 59.7 Å². The summed E-state index contributed by atoms with van der Waals surface area (Å²) in [7, 11) is 1.50. The van der Waals surface area contributed by atoms with Crippen LogP contribution in [0.2, 0.25) is 0 Å². The van der Waals surface area contributed by atoms with Gasteiger partial charge in [0.2, 0.25) is 18.2 Å². The fraction of sp³-hybridized carbons (Fsp3) is 0.731. The van der Waals surface area contributed by atoms with Gasteiger partial charge in [-0.2, -0.15) is 13.2 Å². The number of aldehydes is 1. The lowest BCUT2D eigenvalue weighted by molar-refractivity contribution is -0.174. The highest BCUT2D eigenvalue weighted by atomic mass is 19.4. The third-order valence-corrected chi connectivity index (χ3v) is 6.28. The lowest BCUT2D eigenvalue weighted by atomic mass is 9.99. The molecule has 13 heteroatoms. The molecule has 0 spiro atoms. The molecule has 2 heterocycles. The Morgan fingerprint density at radius 2 is 1.64 bits per heavy atom. The molecule has 4 unspecified atom stereocenters. The summed E-state index contributed by atoms with van der Waals surface area (Å²) >= 11 is 0. The number of hydrogen-bond acceptors (Lipinski definition) is 6. The van der Waals surface area contributed by atoms with E-state index in [0.29, 0.717) is 50.6 Å². The highest BCUT2D eigenvalue weighted by Gasteiger charge is 2.62. The summed E-state index contributed by atoms with van der Waals surface area (Å²) in [6.45, 7) is 18.0. The maximum absolute atomic E-state index is 11.9. The minimum atomic E-state index is -4.94. The van der Waals surface area contributed by atoms with E-state index in [2.05, 4.69) is 64.1 Å². The van der Waals surface area contributed by atoms with Crippen LogP contribution in [0.1, 0.15) is 47.5 Å². The number of amides is 4. The van der Waals surface area contributed by atoms with Gasteiger partial charge in [-0.1, -0.05) is 34.6 Å². The molecule has 10 nitrogen and oxygen atoms in total. The van der Waals surface area contributed by atoms with E-state index >= 15 is 0 Å². The van der Waals surface area contributed by atoms with Gasteiger partial charge in [0.1, 0.15) is 6.29 Å². The smallest absolute Gasteiger partial charge is 0.356 e. The number of carbonyl (C=O) groups is 5. The molecule has 3 rings (SSSR count). The topological polar surface area (TPSA) is 151 Å².